The molecular formula is C21H24N4O3. The summed E-state index contributed by atoms with van der Waals surface area (Å²) in [6, 6.07) is 14.5. The van der Waals surface area contributed by atoms with Crippen molar-refractivity contribution < 1.29 is 14.3 Å². The average molecular weight is 380 g/mol. The third-order valence-corrected chi connectivity index (χ3v) is 4.43. The summed E-state index contributed by atoms with van der Waals surface area (Å²) >= 11 is 0. The summed E-state index contributed by atoms with van der Waals surface area (Å²) in [5, 5.41) is 5.89. The topological polar surface area (TPSA) is 77.4 Å². The predicted octanol–water partition coefficient (Wildman–Crippen LogP) is 3.03. The van der Waals surface area contributed by atoms with Crippen LogP contribution in [0.4, 0.5) is 4.79 Å². The molecule has 0 saturated carbocycles. The van der Waals surface area contributed by atoms with Gasteiger partial charge in [-0.3, -0.25) is 0 Å². The lowest BCUT2D eigenvalue weighted by Crippen LogP contribution is -2.38. The van der Waals surface area contributed by atoms with Crippen molar-refractivity contribution in [1.29, 1.82) is 0 Å². The number of hydrogen-bond donors (Lipinski definition) is 2. The average Bonchev–Trinajstić information content (AvgIpc) is 3.16. The molecule has 2 N–H and O–H groups in total. The van der Waals surface area contributed by atoms with E-state index in [-0.39, 0.29) is 6.03 Å². The minimum absolute atomic E-state index is 0.286. The van der Waals surface area contributed by atoms with Crippen molar-refractivity contribution in [2.75, 3.05) is 14.2 Å². The van der Waals surface area contributed by atoms with Gasteiger partial charge in [0.15, 0.2) is 0 Å². The van der Waals surface area contributed by atoms with Crippen molar-refractivity contribution in [1.82, 2.24) is 20.2 Å². The van der Waals surface area contributed by atoms with Crippen LogP contribution in [0.15, 0.2) is 60.9 Å². The first-order chi connectivity index (χ1) is 13.6. The van der Waals surface area contributed by atoms with Crippen LogP contribution in [0, 0.1) is 0 Å². The fraction of sp³-hybridized carbons (Fsp3) is 0.238. The number of nitrogens with zero attached hydrogens (tertiary/aromatic N) is 2. The van der Waals surface area contributed by atoms with Crippen LogP contribution < -0.4 is 20.1 Å². The van der Waals surface area contributed by atoms with E-state index in [1.807, 2.05) is 66.3 Å². The maximum Gasteiger partial charge on any atom is 0.315 e. The molecule has 0 radical (unpaired) electrons. The van der Waals surface area contributed by atoms with Crippen molar-refractivity contribution in [3.05, 3.63) is 77.9 Å². The Kier molecular flexibility index (Phi) is 6.16. The highest BCUT2D eigenvalue weighted by Crippen LogP contribution is 2.23. The maximum atomic E-state index is 12.6. The SMILES string of the molecule is COc1ccc(C(NC(=O)NCc2cccc(OC)c2)c2nccn2C)cc1. The monoisotopic (exact) mass is 380 g/mol. The van der Waals surface area contributed by atoms with Gasteiger partial charge in [-0.15, -0.1) is 0 Å². The Morgan fingerprint density at radius 2 is 1.86 bits per heavy atom. The number of benzene rings is 2. The minimum Gasteiger partial charge on any atom is -0.497 e. The van der Waals surface area contributed by atoms with E-state index in [4.69, 9.17) is 9.47 Å². The third kappa shape index (κ3) is 4.62. The van der Waals surface area contributed by atoms with Gasteiger partial charge in [-0.1, -0.05) is 24.3 Å². The Labute approximate surface area is 164 Å². The summed E-state index contributed by atoms with van der Waals surface area (Å²) < 4.78 is 12.3. The number of imidazole rings is 1. The van der Waals surface area contributed by atoms with Crippen LogP contribution in [0.25, 0.3) is 0 Å². The van der Waals surface area contributed by atoms with Gasteiger partial charge in [0.2, 0.25) is 0 Å². The van der Waals surface area contributed by atoms with E-state index in [1.165, 1.54) is 0 Å². The molecule has 3 aromatic rings. The molecule has 0 aliphatic heterocycles. The van der Waals surface area contributed by atoms with E-state index in [9.17, 15) is 4.79 Å². The van der Waals surface area contributed by atoms with Crippen LogP contribution in [-0.2, 0) is 13.6 Å². The van der Waals surface area contributed by atoms with Crippen molar-refractivity contribution in [2.45, 2.75) is 12.6 Å². The normalized spacial score (nSPS) is 11.5. The van der Waals surface area contributed by atoms with E-state index in [0.29, 0.717) is 6.54 Å². The maximum absolute atomic E-state index is 12.6. The van der Waals surface area contributed by atoms with Gasteiger partial charge in [0.05, 0.1) is 14.2 Å². The molecule has 0 fully saturated rings. The van der Waals surface area contributed by atoms with Gasteiger partial charge >= 0.3 is 6.03 Å². The number of carbonyl (C=O) groups is 1. The van der Waals surface area contributed by atoms with Crippen LogP contribution >= 0.6 is 0 Å². The zero-order valence-corrected chi connectivity index (χ0v) is 16.2. The van der Waals surface area contributed by atoms with Gasteiger partial charge in [0.1, 0.15) is 23.4 Å². The van der Waals surface area contributed by atoms with Gasteiger partial charge < -0.3 is 24.7 Å². The lowest BCUT2D eigenvalue weighted by Gasteiger charge is -2.20. The number of amides is 2. The number of ether oxygens (including phenoxy) is 2. The second kappa shape index (κ2) is 8.94. The Morgan fingerprint density at radius 3 is 2.50 bits per heavy atom. The molecule has 0 aliphatic carbocycles. The van der Waals surface area contributed by atoms with Crippen LogP contribution in [0.5, 0.6) is 11.5 Å². The zero-order chi connectivity index (χ0) is 19.9. The molecule has 28 heavy (non-hydrogen) atoms. The molecule has 7 heteroatoms. The summed E-state index contributed by atoms with van der Waals surface area (Å²) in [4.78, 5) is 17.0. The fourth-order valence-corrected chi connectivity index (χ4v) is 2.90. The molecule has 146 valence electrons. The van der Waals surface area contributed by atoms with Crippen LogP contribution in [-0.4, -0.2) is 29.8 Å². The summed E-state index contributed by atoms with van der Waals surface area (Å²) in [7, 11) is 5.13. The molecule has 1 heterocycles. The number of nitrogens with one attached hydrogen (secondary N) is 2. The largest absolute Gasteiger partial charge is 0.497 e. The summed E-state index contributed by atoms with van der Waals surface area (Å²) in [5.41, 5.74) is 1.86. The standard InChI is InChI=1S/C21H24N4O3/c1-25-12-11-22-20(25)19(16-7-9-17(27-2)10-8-16)24-21(26)23-14-15-5-4-6-18(13-15)28-3/h4-13,19H,14H2,1-3H3,(H2,23,24,26). The van der Waals surface area contributed by atoms with Gasteiger partial charge in [-0.2, -0.15) is 0 Å². The lowest BCUT2D eigenvalue weighted by molar-refractivity contribution is 0.237. The Bertz CT molecular complexity index is 921. The number of rotatable bonds is 7. The summed E-state index contributed by atoms with van der Waals surface area (Å²) in [6.07, 6.45) is 3.56. The molecule has 0 bridgehead atoms. The van der Waals surface area contributed by atoms with E-state index in [1.54, 1.807) is 20.4 Å². The number of urea groups is 1. The molecule has 0 spiro atoms. The number of hydrogen-bond acceptors (Lipinski definition) is 4. The van der Waals surface area contributed by atoms with Crippen LogP contribution in [0.3, 0.4) is 0 Å². The van der Waals surface area contributed by atoms with Crippen molar-refractivity contribution >= 4 is 6.03 Å². The molecule has 7 nitrogen and oxygen atoms in total. The smallest absolute Gasteiger partial charge is 0.315 e. The highest BCUT2D eigenvalue weighted by molar-refractivity contribution is 5.74. The van der Waals surface area contributed by atoms with E-state index in [2.05, 4.69) is 15.6 Å². The Morgan fingerprint density at radius 1 is 1.11 bits per heavy atom. The first kappa shape index (κ1) is 19.3. The first-order valence-electron chi connectivity index (χ1n) is 8.89. The summed E-state index contributed by atoms with van der Waals surface area (Å²) in [5.74, 6) is 2.25. The predicted molar refractivity (Wildman–Crippen MR) is 106 cm³/mol. The first-order valence-corrected chi connectivity index (χ1v) is 8.89. The molecule has 1 atom stereocenters. The number of aryl methyl sites for hydroxylation is 1. The van der Waals surface area contributed by atoms with E-state index in [0.717, 1.165) is 28.5 Å². The highest BCUT2D eigenvalue weighted by atomic mass is 16.5. The number of methoxy groups -OCH3 is 2. The van der Waals surface area contributed by atoms with Gasteiger partial charge in [-0.25, -0.2) is 9.78 Å². The van der Waals surface area contributed by atoms with E-state index >= 15 is 0 Å². The van der Waals surface area contributed by atoms with Gasteiger partial charge in [0.25, 0.3) is 0 Å². The second-order valence-electron chi connectivity index (χ2n) is 6.28. The quantitative estimate of drug-likeness (QED) is 0.661. The van der Waals surface area contributed by atoms with Gasteiger partial charge in [-0.05, 0) is 35.4 Å². The molecule has 0 aliphatic rings. The molecule has 2 aromatic carbocycles. The molecular weight excluding hydrogens is 356 g/mol. The number of carbonyl (C=O) groups excluding carboxylic acids is 1. The van der Waals surface area contributed by atoms with Crippen molar-refractivity contribution in [2.24, 2.45) is 7.05 Å². The van der Waals surface area contributed by atoms with Crippen molar-refractivity contribution in [3.8, 4) is 11.5 Å². The van der Waals surface area contributed by atoms with Crippen LogP contribution in [0.1, 0.15) is 23.0 Å². The molecule has 0 saturated heterocycles. The molecule has 1 aromatic heterocycles. The Hall–Kier alpha value is -3.48. The molecule has 3 rings (SSSR count). The number of aromatic nitrogens is 2. The van der Waals surface area contributed by atoms with Crippen molar-refractivity contribution in [3.63, 3.8) is 0 Å². The van der Waals surface area contributed by atoms with Gasteiger partial charge in [0, 0.05) is 26.0 Å². The van der Waals surface area contributed by atoms with E-state index < -0.39 is 6.04 Å². The molecule has 2 amide bonds. The third-order valence-electron chi connectivity index (χ3n) is 4.43. The Balaban J connectivity index is 1.73. The summed E-state index contributed by atoms with van der Waals surface area (Å²) in [6.45, 7) is 0.388. The lowest BCUT2D eigenvalue weighted by atomic mass is 10.1. The second-order valence-corrected chi connectivity index (χ2v) is 6.28. The molecule has 1 unspecified atom stereocenters. The zero-order valence-electron chi connectivity index (χ0n) is 16.2. The highest BCUT2D eigenvalue weighted by Gasteiger charge is 2.20. The minimum atomic E-state index is -0.392. The van der Waals surface area contributed by atoms with Crippen LogP contribution in [0.2, 0.25) is 0 Å². The fourth-order valence-electron chi connectivity index (χ4n) is 2.90.